The van der Waals surface area contributed by atoms with Crippen molar-refractivity contribution in [2.24, 2.45) is 0 Å². The quantitative estimate of drug-likeness (QED) is 0.759. The zero-order valence-corrected chi connectivity index (χ0v) is 12.5. The molecular weight excluding hydrogens is 242 g/mol. The van der Waals surface area contributed by atoms with E-state index in [1.165, 1.54) is 11.1 Å². The Balaban J connectivity index is 2.53. The Hall–Kier alpha value is -0.510. The van der Waals surface area contributed by atoms with Crippen molar-refractivity contribution in [1.82, 2.24) is 5.32 Å². The maximum absolute atomic E-state index is 8.90. The van der Waals surface area contributed by atoms with Gasteiger partial charge in [0.05, 0.1) is 0 Å². The maximum atomic E-state index is 8.90. The Morgan fingerprint density at radius 3 is 2.44 bits per heavy atom. The fourth-order valence-corrected chi connectivity index (χ4v) is 3.01. The van der Waals surface area contributed by atoms with Crippen LogP contribution < -0.4 is 5.32 Å². The van der Waals surface area contributed by atoms with Crippen LogP contribution in [-0.2, 0) is 6.42 Å². The second-order valence-corrected chi connectivity index (χ2v) is 6.06. The molecule has 0 fully saturated rings. The van der Waals surface area contributed by atoms with Gasteiger partial charge < -0.3 is 10.4 Å². The highest BCUT2D eigenvalue weighted by atomic mass is 32.2. The predicted molar refractivity (Wildman–Crippen MR) is 81.2 cm³/mol. The number of aryl methyl sites for hydroxylation is 1. The molecule has 0 amide bonds. The minimum atomic E-state index is 0.281. The van der Waals surface area contributed by atoms with Crippen molar-refractivity contribution in [1.29, 1.82) is 0 Å². The van der Waals surface area contributed by atoms with Crippen molar-refractivity contribution in [3.8, 4) is 0 Å². The second kappa shape index (κ2) is 8.57. The van der Waals surface area contributed by atoms with Crippen LogP contribution in [0.4, 0.5) is 0 Å². The van der Waals surface area contributed by atoms with Gasteiger partial charge in [-0.15, -0.1) is 0 Å². The van der Waals surface area contributed by atoms with Crippen molar-refractivity contribution in [3.63, 3.8) is 0 Å². The molecule has 2 nitrogen and oxygen atoms in total. The van der Waals surface area contributed by atoms with Crippen LogP contribution >= 0.6 is 11.8 Å². The first-order valence-electron chi connectivity index (χ1n) is 6.69. The Morgan fingerprint density at radius 2 is 1.94 bits per heavy atom. The molecule has 102 valence electrons. The smallest absolute Gasteiger partial charge is 0.0441 e. The third-order valence-electron chi connectivity index (χ3n) is 3.22. The molecule has 1 aromatic carbocycles. The molecule has 2 unspecified atom stereocenters. The first-order chi connectivity index (χ1) is 8.71. The van der Waals surface area contributed by atoms with Crippen LogP contribution in [0.15, 0.2) is 24.3 Å². The molecule has 0 aliphatic rings. The van der Waals surface area contributed by atoms with Crippen LogP contribution in [0.3, 0.4) is 0 Å². The van der Waals surface area contributed by atoms with Crippen LogP contribution in [0.25, 0.3) is 0 Å². The maximum Gasteiger partial charge on any atom is 0.0441 e. The van der Waals surface area contributed by atoms with Crippen molar-refractivity contribution >= 4 is 11.8 Å². The Kier molecular flexibility index (Phi) is 7.40. The molecule has 3 heteroatoms. The van der Waals surface area contributed by atoms with Gasteiger partial charge in [0.25, 0.3) is 0 Å². The Labute approximate surface area is 115 Å². The van der Waals surface area contributed by atoms with Gasteiger partial charge in [0.1, 0.15) is 0 Å². The lowest BCUT2D eigenvalue weighted by Crippen LogP contribution is -2.20. The Morgan fingerprint density at radius 1 is 1.28 bits per heavy atom. The number of aliphatic hydroxyl groups is 1. The van der Waals surface area contributed by atoms with Gasteiger partial charge in [0.15, 0.2) is 0 Å². The van der Waals surface area contributed by atoms with Crippen LogP contribution in [-0.4, -0.2) is 29.8 Å². The second-order valence-electron chi connectivity index (χ2n) is 4.59. The number of rotatable bonds is 8. The van der Waals surface area contributed by atoms with Gasteiger partial charge in [-0.05, 0) is 31.0 Å². The van der Waals surface area contributed by atoms with Gasteiger partial charge in [0, 0.05) is 23.7 Å². The van der Waals surface area contributed by atoms with Crippen molar-refractivity contribution in [2.75, 3.05) is 19.4 Å². The molecule has 1 rings (SSSR count). The number of hydrogen-bond acceptors (Lipinski definition) is 3. The molecule has 0 heterocycles. The largest absolute Gasteiger partial charge is 0.396 e. The van der Waals surface area contributed by atoms with E-state index in [2.05, 4.69) is 43.4 Å². The van der Waals surface area contributed by atoms with E-state index < -0.39 is 0 Å². The van der Waals surface area contributed by atoms with Gasteiger partial charge in [-0.2, -0.15) is 11.8 Å². The fraction of sp³-hybridized carbons (Fsp3) is 0.600. The number of nitrogens with one attached hydrogen (secondary N) is 1. The van der Waals surface area contributed by atoms with E-state index >= 15 is 0 Å². The first kappa shape index (κ1) is 15.5. The predicted octanol–water partition coefficient (Wildman–Crippen LogP) is 3.01. The van der Waals surface area contributed by atoms with E-state index in [0.717, 1.165) is 18.6 Å². The minimum absolute atomic E-state index is 0.281. The first-order valence-corrected chi connectivity index (χ1v) is 7.74. The third-order valence-corrected chi connectivity index (χ3v) is 4.55. The number of hydrogen-bond donors (Lipinski definition) is 2. The summed E-state index contributed by atoms with van der Waals surface area (Å²) in [5.41, 5.74) is 2.73. The van der Waals surface area contributed by atoms with E-state index in [-0.39, 0.29) is 6.61 Å². The standard InChI is InChI=1S/C15H25NOS/c1-4-13-5-7-14(8-6-13)15(16-3)11-18-12(2)9-10-17/h5-8,12,15-17H,4,9-11H2,1-3H3. The van der Waals surface area contributed by atoms with Gasteiger partial charge >= 0.3 is 0 Å². The molecule has 18 heavy (non-hydrogen) atoms. The van der Waals surface area contributed by atoms with Gasteiger partial charge in [0.2, 0.25) is 0 Å². The van der Waals surface area contributed by atoms with E-state index in [9.17, 15) is 0 Å². The summed E-state index contributed by atoms with van der Waals surface area (Å²) in [5.74, 6) is 1.04. The minimum Gasteiger partial charge on any atom is -0.396 e. The van der Waals surface area contributed by atoms with Crippen molar-refractivity contribution in [2.45, 2.75) is 38.0 Å². The summed E-state index contributed by atoms with van der Waals surface area (Å²) in [5, 5.41) is 12.8. The monoisotopic (exact) mass is 267 g/mol. The number of benzene rings is 1. The molecule has 0 saturated carbocycles. The molecule has 2 N–H and O–H groups in total. The van der Waals surface area contributed by atoms with Crippen molar-refractivity contribution < 1.29 is 5.11 Å². The lowest BCUT2D eigenvalue weighted by atomic mass is 10.1. The zero-order chi connectivity index (χ0) is 13.4. The average Bonchev–Trinajstić information content (AvgIpc) is 2.40. The molecule has 2 atom stereocenters. The summed E-state index contributed by atoms with van der Waals surface area (Å²) in [6, 6.07) is 9.25. The summed E-state index contributed by atoms with van der Waals surface area (Å²) in [6.07, 6.45) is 1.96. The number of thioether (sulfide) groups is 1. The van der Waals surface area contributed by atoms with Crippen LogP contribution in [0.5, 0.6) is 0 Å². The summed E-state index contributed by atoms with van der Waals surface area (Å²) < 4.78 is 0. The number of aliphatic hydroxyl groups excluding tert-OH is 1. The van der Waals surface area contributed by atoms with E-state index in [1.807, 2.05) is 18.8 Å². The molecule has 0 aromatic heterocycles. The van der Waals surface area contributed by atoms with E-state index in [1.54, 1.807) is 0 Å². The highest BCUT2D eigenvalue weighted by Gasteiger charge is 2.11. The SMILES string of the molecule is CCc1ccc(C(CSC(C)CCO)NC)cc1. The van der Waals surface area contributed by atoms with E-state index in [4.69, 9.17) is 5.11 Å². The third kappa shape index (κ3) is 5.01. The van der Waals surface area contributed by atoms with Gasteiger partial charge in [-0.3, -0.25) is 0 Å². The summed E-state index contributed by atoms with van der Waals surface area (Å²) in [4.78, 5) is 0. The molecule has 0 saturated heterocycles. The normalized spacial score (nSPS) is 14.4. The van der Waals surface area contributed by atoms with E-state index in [0.29, 0.717) is 11.3 Å². The molecule has 0 aliphatic heterocycles. The molecule has 0 radical (unpaired) electrons. The summed E-state index contributed by atoms with van der Waals surface area (Å²) in [7, 11) is 2.01. The van der Waals surface area contributed by atoms with Crippen LogP contribution in [0.2, 0.25) is 0 Å². The lowest BCUT2D eigenvalue weighted by molar-refractivity contribution is 0.289. The summed E-state index contributed by atoms with van der Waals surface area (Å²) in [6.45, 7) is 4.63. The average molecular weight is 267 g/mol. The summed E-state index contributed by atoms with van der Waals surface area (Å²) >= 11 is 1.92. The van der Waals surface area contributed by atoms with Crippen LogP contribution in [0, 0.1) is 0 Å². The highest BCUT2D eigenvalue weighted by Crippen LogP contribution is 2.23. The molecule has 1 aromatic rings. The lowest BCUT2D eigenvalue weighted by Gasteiger charge is -2.19. The van der Waals surface area contributed by atoms with Gasteiger partial charge in [-0.25, -0.2) is 0 Å². The zero-order valence-electron chi connectivity index (χ0n) is 11.6. The van der Waals surface area contributed by atoms with Crippen molar-refractivity contribution in [3.05, 3.63) is 35.4 Å². The Bertz CT molecular complexity index is 326. The van der Waals surface area contributed by atoms with Crippen LogP contribution in [0.1, 0.15) is 37.4 Å². The molecule has 0 aliphatic carbocycles. The van der Waals surface area contributed by atoms with Gasteiger partial charge in [-0.1, -0.05) is 38.1 Å². The molecule has 0 spiro atoms. The fourth-order valence-electron chi connectivity index (χ4n) is 1.86. The molecule has 0 bridgehead atoms. The highest BCUT2D eigenvalue weighted by molar-refractivity contribution is 7.99. The molecular formula is C15H25NOS. The topological polar surface area (TPSA) is 32.3 Å².